The van der Waals surface area contributed by atoms with Gasteiger partial charge in [0.15, 0.2) is 5.78 Å². The molecule has 2 rings (SSSR count). The minimum absolute atomic E-state index is 0. The van der Waals surface area contributed by atoms with E-state index in [-0.39, 0.29) is 67.6 Å². The van der Waals surface area contributed by atoms with E-state index in [9.17, 15) is 13.2 Å². The molecule has 0 aliphatic rings. The van der Waals surface area contributed by atoms with E-state index in [2.05, 4.69) is 0 Å². The van der Waals surface area contributed by atoms with Crippen molar-refractivity contribution in [1.29, 1.82) is 0 Å². The van der Waals surface area contributed by atoms with Gasteiger partial charge in [0, 0.05) is 11.1 Å². The van der Waals surface area contributed by atoms with Gasteiger partial charge in [0.05, 0.1) is 4.90 Å². The zero-order valence-corrected chi connectivity index (χ0v) is 10.1. The van der Waals surface area contributed by atoms with E-state index < -0.39 is 10.1 Å². The van der Waals surface area contributed by atoms with E-state index in [0.717, 1.165) is 6.07 Å². The van der Waals surface area contributed by atoms with Gasteiger partial charge in [0.25, 0.3) is 10.1 Å². The Hall–Kier alpha value is -0.344. The molecular weight excluding hydrogens is 291 g/mol. The van der Waals surface area contributed by atoms with Crippen LogP contribution in [-0.2, 0) is 10.1 Å². The zero-order chi connectivity index (χ0) is 13.2. The van der Waals surface area contributed by atoms with Gasteiger partial charge in [-0.1, -0.05) is 42.5 Å². The quantitative estimate of drug-likeness (QED) is 0.530. The Morgan fingerprint density at radius 1 is 0.895 bits per heavy atom. The molecule has 6 heteroatoms. The van der Waals surface area contributed by atoms with Crippen LogP contribution in [0.25, 0.3) is 0 Å². The molecule has 1 N–H and O–H groups in total. The molecule has 0 radical (unpaired) electrons. The number of hydrogen-bond acceptors (Lipinski definition) is 3. The van der Waals surface area contributed by atoms with Crippen LogP contribution < -0.4 is 0 Å². The van der Waals surface area contributed by atoms with Gasteiger partial charge in [-0.05, 0) is 12.1 Å². The van der Waals surface area contributed by atoms with Gasteiger partial charge in [-0.15, -0.1) is 0 Å². The molecule has 19 heavy (non-hydrogen) atoms. The predicted octanol–water partition coefficient (Wildman–Crippen LogP) is 1.52. The average Bonchev–Trinajstić information content (AvgIpc) is 2.38. The summed E-state index contributed by atoms with van der Waals surface area (Å²) >= 11 is 0. The fraction of sp³-hybridized carbons (Fsp3) is 0. The summed E-state index contributed by atoms with van der Waals surface area (Å²) in [5, 5.41) is 0. The summed E-state index contributed by atoms with van der Waals surface area (Å²) in [6.07, 6.45) is 0. The number of rotatable bonds is 3. The molecule has 0 heterocycles. The molecule has 0 saturated heterocycles. The molecule has 0 saturated carbocycles. The first-order valence-electron chi connectivity index (χ1n) is 5.16. The number of carbonyl (C=O) groups is 1. The number of carbonyl (C=O) groups excluding carboxylic acids is 1. The first kappa shape index (κ1) is 16.7. The summed E-state index contributed by atoms with van der Waals surface area (Å²) < 4.78 is 30.9. The third-order valence-corrected chi connectivity index (χ3v) is 3.28. The standard InChI is InChI=1S/C13H10O4S.K.H/c14-13(10-5-2-1-3-6-10)11-7-4-8-12(9-11)18(15,16)17;;/h1-9H,(H,15,16,17);;. The Balaban J connectivity index is 0.00000180. The third kappa shape index (κ3) is 4.32. The maximum absolute atomic E-state index is 12.0. The van der Waals surface area contributed by atoms with Gasteiger partial charge in [0.2, 0.25) is 0 Å². The Morgan fingerprint density at radius 3 is 2.05 bits per heavy atom. The summed E-state index contributed by atoms with van der Waals surface area (Å²) in [7, 11) is -4.29. The van der Waals surface area contributed by atoms with E-state index in [1.807, 2.05) is 0 Å². The average molecular weight is 302 g/mol. The maximum atomic E-state index is 12.0. The second-order valence-corrected chi connectivity index (χ2v) is 5.12. The topological polar surface area (TPSA) is 71.4 Å². The van der Waals surface area contributed by atoms with Crippen molar-refractivity contribution in [3.05, 3.63) is 65.7 Å². The van der Waals surface area contributed by atoms with Crippen LogP contribution >= 0.6 is 0 Å². The van der Waals surface area contributed by atoms with Gasteiger partial charge < -0.3 is 0 Å². The molecule has 94 valence electrons. The number of benzene rings is 2. The SMILES string of the molecule is O=C(c1ccccc1)c1cccc(S(=O)(=O)O)c1.[KH]. The molecule has 0 aliphatic heterocycles. The fourth-order valence-corrected chi connectivity index (χ4v) is 2.08. The van der Waals surface area contributed by atoms with Crippen molar-refractivity contribution in [2.45, 2.75) is 4.90 Å². The van der Waals surface area contributed by atoms with Gasteiger partial charge in [0.1, 0.15) is 0 Å². The minimum atomic E-state index is -4.29. The van der Waals surface area contributed by atoms with Crippen molar-refractivity contribution in [3.63, 3.8) is 0 Å². The number of hydrogen-bond donors (Lipinski definition) is 1. The molecule has 0 aromatic heterocycles. The van der Waals surface area contributed by atoms with Crippen LogP contribution in [0.4, 0.5) is 0 Å². The summed E-state index contributed by atoms with van der Waals surface area (Å²) in [4.78, 5) is 11.8. The van der Waals surface area contributed by atoms with Gasteiger partial charge in [-0.2, -0.15) is 8.42 Å². The summed E-state index contributed by atoms with van der Waals surface area (Å²) in [5.74, 6) is -0.291. The normalized spacial score (nSPS) is 10.6. The van der Waals surface area contributed by atoms with Crippen LogP contribution in [0.2, 0.25) is 0 Å². The summed E-state index contributed by atoms with van der Waals surface area (Å²) in [6, 6.07) is 13.8. The molecule has 4 nitrogen and oxygen atoms in total. The van der Waals surface area contributed by atoms with Gasteiger partial charge >= 0.3 is 51.4 Å². The van der Waals surface area contributed by atoms with Crippen LogP contribution in [0.1, 0.15) is 15.9 Å². The molecule has 0 amide bonds. The van der Waals surface area contributed by atoms with E-state index in [1.165, 1.54) is 18.2 Å². The van der Waals surface area contributed by atoms with Crippen molar-refractivity contribution < 1.29 is 17.8 Å². The van der Waals surface area contributed by atoms with E-state index in [1.54, 1.807) is 30.3 Å². The number of ketones is 1. The first-order valence-corrected chi connectivity index (χ1v) is 6.60. The molecule has 2 aromatic rings. The van der Waals surface area contributed by atoms with E-state index in [4.69, 9.17) is 4.55 Å². The van der Waals surface area contributed by atoms with Crippen LogP contribution in [0.15, 0.2) is 59.5 Å². The van der Waals surface area contributed by atoms with Crippen LogP contribution in [-0.4, -0.2) is 70.1 Å². The third-order valence-electron chi connectivity index (χ3n) is 2.43. The van der Waals surface area contributed by atoms with Crippen molar-refractivity contribution >= 4 is 67.3 Å². The van der Waals surface area contributed by atoms with E-state index >= 15 is 0 Å². The van der Waals surface area contributed by atoms with Crippen molar-refractivity contribution in [1.82, 2.24) is 0 Å². The van der Waals surface area contributed by atoms with Crippen molar-refractivity contribution in [2.75, 3.05) is 0 Å². The van der Waals surface area contributed by atoms with E-state index in [0.29, 0.717) is 5.56 Å². The van der Waals surface area contributed by atoms with Crippen LogP contribution in [0, 0.1) is 0 Å². The molecule has 0 fully saturated rings. The Morgan fingerprint density at radius 2 is 1.47 bits per heavy atom. The Labute approximate surface area is 154 Å². The van der Waals surface area contributed by atoms with Crippen molar-refractivity contribution in [3.8, 4) is 0 Å². The Kier molecular flexibility index (Phi) is 6.06. The molecule has 0 bridgehead atoms. The fourth-order valence-electron chi connectivity index (χ4n) is 1.55. The second kappa shape index (κ2) is 6.89. The Bertz CT molecular complexity index is 681. The predicted molar refractivity (Wildman–Crippen MR) is 73.3 cm³/mol. The molecule has 0 atom stereocenters. The first-order chi connectivity index (χ1) is 8.48. The van der Waals surface area contributed by atoms with Crippen molar-refractivity contribution in [2.24, 2.45) is 0 Å². The molecule has 0 aliphatic carbocycles. The van der Waals surface area contributed by atoms with Gasteiger partial charge in [-0.3, -0.25) is 9.35 Å². The second-order valence-electron chi connectivity index (χ2n) is 3.70. The van der Waals surface area contributed by atoms with Gasteiger partial charge in [-0.25, -0.2) is 0 Å². The molecule has 2 aromatic carbocycles. The zero-order valence-electron chi connectivity index (χ0n) is 9.28. The van der Waals surface area contributed by atoms with Crippen LogP contribution in [0.3, 0.4) is 0 Å². The summed E-state index contributed by atoms with van der Waals surface area (Å²) in [5.41, 5.74) is 0.682. The molecular formula is C13H11KO4S. The molecule has 0 unspecified atom stereocenters. The monoisotopic (exact) mass is 302 g/mol. The summed E-state index contributed by atoms with van der Waals surface area (Å²) in [6.45, 7) is 0. The van der Waals surface area contributed by atoms with Crippen LogP contribution in [0.5, 0.6) is 0 Å². The molecule has 0 spiro atoms.